The summed E-state index contributed by atoms with van der Waals surface area (Å²) in [4.78, 5) is 13.5. The van der Waals surface area contributed by atoms with Crippen molar-refractivity contribution in [2.75, 3.05) is 50.0 Å². The normalized spacial score (nSPS) is 17.7. The van der Waals surface area contributed by atoms with Crippen LogP contribution in [-0.2, 0) is 4.74 Å². The summed E-state index contributed by atoms with van der Waals surface area (Å²) < 4.78 is 33.8. The van der Waals surface area contributed by atoms with E-state index in [0.717, 1.165) is 56.8 Å². The van der Waals surface area contributed by atoms with Gasteiger partial charge in [-0.25, -0.2) is 23.4 Å². The molecule has 3 aromatic rings. The Labute approximate surface area is 178 Å². The number of hydrogen-bond acceptors (Lipinski definition) is 7. The molecule has 0 saturated carbocycles. The number of nitrogens with zero attached hydrogens (tertiary/aromatic N) is 6. The van der Waals surface area contributed by atoms with Crippen molar-refractivity contribution < 1.29 is 13.5 Å². The second kappa shape index (κ2) is 7.86. The van der Waals surface area contributed by atoms with Crippen LogP contribution in [0.25, 0.3) is 17.1 Å². The van der Waals surface area contributed by atoms with E-state index in [2.05, 4.69) is 24.9 Å². The third-order valence-corrected chi connectivity index (χ3v) is 5.81. The van der Waals surface area contributed by atoms with Crippen LogP contribution < -0.4 is 10.6 Å². The van der Waals surface area contributed by atoms with Crippen LogP contribution in [0.5, 0.6) is 0 Å². The van der Waals surface area contributed by atoms with E-state index in [1.807, 2.05) is 13.0 Å². The molecule has 2 aliphatic heterocycles. The molecule has 5 rings (SSSR count). The number of pyridine rings is 1. The maximum atomic E-state index is 13.5. The molecular formula is C21H23F2N7O. The second-order valence-electron chi connectivity index (χ2n) is 7.91. The number of aryl methyl sites for hydroxylation is 1. The minimum atomic E-state index is -0.682. The number of nitrogen functional groups attached to an aromatic ring is 1. The summed E-state index contributed by atoms with van der Waals surface area (Å²) in [5, 5.41) is 4.36. The molecule has 162 valence electrons. The first-order valence-corrected chi connectivity index (χ1v) is 10.2. The average molecular weight is 427 g/mol. The van der Waals surface area contributed by atoms with E-state index in [-0.39, 0.29) is 5.69 Å². The molecule has 2 aromatic heterocycles. The van der Waals surface area contributed by atoms with Crippen LogP contribution in [0.1, 0.15) is 5.56 Å². The van der Waals surface area contributed by atoms with Crippen LogP contribution in [-0.4, -0.2) is 70.1 Å². The number of hydrogen-bond donors (Lipinski definition) is 1. The lowest BCUT2D eigenvalue weighted by atomic mass is 10.0. The molecule has 2 fully saturated rings. The van der Waals surface area contributed by atoms with Gasteiger partial charge in [0.1, 0.15) is 29.6 Å². The molecule has 0 spiro atoms. The summed E-state index contributed by atoms with van der Waals surface area (Å²) in [6.45, 7) is 7.26. The Kier molecular flexibility index (Phi) is 5.03. The molecule has 0 bridgehead atoms. The highest BCUT2D eigenvalue weighted by molar-refractivity contribution is 5.74. The van der Waals surface area contributed by atoms with E-state index >= 15 is 0 Å². The van der Waals surface area contributed by atoms with Gasteiger partial charge in [0, 0.05) is 38.3 Å². The van der Waals surface area contributed by atoms with Gasteiger partial charge in [-0.05, 0) is 30.7 Å². The van der Waals surface area contributed by atoms with Crippen molar-refractivity contribution in [3.8, 4) is 17.1 Å². The lowest BCUT2D eigenvalue weighted by Crippen LogP contribution is -2.61. The Morgan fingerprint density at radius 3 is 2.45 bits per heavy atom. The van der Waals surface area contributed by atoms with Crippen molar-refractivity contribution >= 4 is 11.6 Å². The minimum Gasteiger partial charge on any atom is -0.383 e. The lowest BCUT2D eigenvalue weighted by Gasteiger charge is -2.47. The highest BCUT2D eigenvalue weighted by Gasteiger charge is 2.33. The van der Waals surface area contributed by atoms with E-state index in [1.54, 1.807) is 0 Å². The largest absolute Gasteiger partial charge is 0.383 e. The van der Waals surface area contributed by atoms with Crippen LogP contribution >= 0.6 is 0 Å². The Morgan fingerprint density at radius 2 is 1.77 bits per heavy atom. The Hall–Kier alpha value is -3.11. The standard InChI is InChI=1S/C21H23F2N7O/c1-13-6-18(29-10-17(11-29)28-2-4-31-5-3-28)26-20(24)19(13)21-25-12-30(27-21)16-8-14(22)7-15(23)9-16/h6-9,12,17H,2-5,10-11H2,1H3,(H2,24,26). The van der Waals surface area contributed by atoms with Gasteiger partial charge in [0.05, 0.1) is 24.5 Å². The summed E-state index contributed by atoms with van der Waals surface area (Å²) >= 11 is 0. The van der Waals surface area contributed by atoms with Crippen molar-refractivity contribution in [2.45, 2.75) is 13.0 Å². The highest BCUT2D eigenvalue weighted by Crippen LogP contribution is 2.31. The van der Waals surface area contributed by atoms with Gasteiger partial charge in [0.25, 0.3) is 0 Å². The van der Waals surface area contributed by atoms with Crippen molar-refractivity contribution in [1.82, 2.24) is 24.6 Å². The summed E-state index contributed by atoms with van der Waals surface area (Å²) in [6, 6.07) is 5.67. The maximum absolute atomic E-state index is 13.5. The zero-order valence-corrected chi connectivity index (χ0v) is 17.1. The topological polar surface area (TPSA) is 85.3 Å². The van der Waals surface area contributed by atoms with Crippen molar-refractivity contribution in [1.29, 1.82) is 0 Å². The number of morpholine rings is 1. The monoisotopic (exact) mass is 427 g/mol. The zero-order chi connectivity index (χ0) is 21.5. The number of ether oxygens (including phenoxy) is 1. The predicted molar refractivity (Wildman–Crippen MR) is 112 cm³/mol. The zero-order valence-electron chi connectivity index (χ0n) is 17.1. The molecule has 2 aliphatic rings. The summed E-state index contributed by atoms with van der Waals surface area (Å²) in [5.74, 6) is 0.147. The highest BCUT2D eigenvalue weighted by atomic mass is 19.1. The fourth-order valence-electron chi connectivity index (χ4n) is 4.12. The first kappa shape index (κ1) is 19.8. The molecule has 31 heavy (non-hydrogen) atoms. The SMILES string of the molecule is Cc1cc(N2CC(N3CCOCC3)C2)nc(N)c1-c1ncn(-c2cc(F)cc(F)c2)n1. The quantitative estimate of drug-likeness (QED) is 0.682. The molecule has 0 unspecified atom stereocenters. The van der Waals surface area contributed by atoms with E-state index < -0.39 is 11.6 Å². The maximum Gasteiger partial charge on any atom is 0.185 e. The first-order chi connectivity index (χ1) is 15.0. The molecule has 4 heterocycles. The van der Waals surface area contributed by atoms with Gasteiger partial charge in [0.15, 0.2) is 5.82 Å². The van der Waals surface area contributed by atoms with Crippen LogP contribution in [0.3, 0.4) is 0 Å². The molecule has 0 atom stereocenters. The Bertz CT molecular complexity index is 1060. The van der Waals surface area contributed by atoms with Crippen molar-refractivity contribution in [3.05, 3.63) is 47.8 Å². The third-order valence-electron chi connectivity index (χ3n) is 5.81. The van der Waals surface area contributed by atoms with Gasteiger partial charge in [-0.15, -0.1) is 5.10 Å². The number of anilines is 2. The average Bonchev–Trinajstić information content (AvgIpc) is 3.16. The summed E-state index contributed by atoms with van der Waals surface area (Å²) in [7, 11) is 0. The second-order valence-corrected chi connectivity index (χ2v) is 7.91. The number of nitrogens with two attached hydrogens (primary N) is 1. The minimum absolute atomic E-state index is 0.242. The molecule has 2 N–H and O–H groups in total. The molecule has 0 amide bonds. The molecule has 2 saturated heterocycles. The number of halogens is 2. The Balaban J connectivity index is 1.35. The van der Waals surface area contributed by atoms with Gasteiger partial charge in [-0.2, -0.15) is 0 Å². The van der Waals surface area contributed by atoms with Crippen molar-refractivity contribution in [2.24, 2.45) is 0 Å². The number of benzene rings is 1. The van der Waals surface area contributed by atoms with E-state index in [9.17, 15) is 8.78 Å². The van der Waals surface area contributed by atoms with Crippen LogP contribution in [0, 0.1) is 18.6 Å². The molecule has 10 heteroatoms. The Morgan fingerprint density at radius 1 is 1.06 bits per heavy atom. The van der Waals surface area contributed by atoms with Crippen molar-refractivity contribution in [3.63, 3.8) is 0 Å². The molecular weight excluding hydrogens is 404 g/mol. The smallest absolute Gasteiger partial charge is 0.185 e. The number of rotatable bonds is 4. The van der Waals surface area contributed by atoms with Gasteiger partial charge < -0.3 is 15.4 Å². The van der Waals surface area contributed by atoms with Gasteiger partial charge >= 0.3 is 0 Å². The van der Waals surface area contributed by atoms with Crippen LogP contribution in [0.15, 0.2) is 30.6 Å². The molecule has 0 aliphatic carbocycles. The van der Waals surface area contributed by atoms with E-state index in [1.165, 1.54) is 23.1 Å². The first-order valence-electron chi connectivity index (χ1n) is 10.2. The fourth-order valence-corrected chi connectivity index (χ4v) is 4.12. The molecule has 0 radical (unpaired) electrons. The van der Waals surface area contributed by atoms with Crippen LogP contribution in [0.4, 0.5) is 20.4 Å². The third kappa shape index (κ3) is 3.84. The van der Waals surface area contributed by atoms with Gasteiger partial charge in [-0.3, -0.25) is 4.90 Å². The van der Waals surface area contributed by atoms with Gasteiger partial charge in [0.2, 0.25) is 0 Å². The van der Waals surface area contributed by atoms with E-state index in [4.69, 9.17) is 10.5 Å². The lowest BCUT2D eigenvalue weighted by molar-refractivity contribution is 0.0104. The van der Waals surface area contributed by atoms with Gasteiger partial charge in [-0.1, -0.05) is 0 Å². The van der Waals surface area contributed by atoms with Crippen LogP contribution in [0.2, 0.25) is 0 Å². The van der Waals surface area contributed by atoms with E-state index in [0.29, 0.717) is 23.2 Å². The predicted octanol–water partition coefficient (Wildman–Crippen LogP) is 2.02. The fraction of sp³-hybridized carbons (Fsp3) is 0.381. The summed E-state index contributed by atoms with van der Waals surface area (Å²) in [5.41, 5.74) is 8.02. The molecule has 1 aromatic carbocycles. The summed E-state index contributed by atoms with van der Waals surface area (Å²) in [6.07, 6.45) is 1.40. The number of aromatic nitrogens is 4. The molecule has 8 nitrogen and oxygen atoms in total.